The second-order valence-electron chi connectivity index (χ2n) is 4.18. The van der Waals surface area contributed by atoms with Gasteiger partial charge < -0.3 is 5.11 Å². The van der Waals surface area contributed by atoms with Crippen LogP contribution >= 0.6 is 22.7 Å². The van der Waals surface area contributed by atoms with E-state index in [4.69, 9.17) is 0 Å². The molecule has 6 heteroatoms. The van der Waals surface area contributed by atoms with Crippen molar-refractivity contribution in [1.29, 1.82) is 0 Å². The Kier molecular flexibility index (Phi) is 3.12. The number of carboxylic acid groups (broad SMARTS) is 1. The zero-order chi connectivity index (χ0) is 13.4. The normalized spacial score (nSPS) is 11.2. The standard InChI is InChI=1S/C13H12N2O2S2/c1-2-4-8-11(12(16)17)15-9(7-19-13(15)14-8)10-5-3-6-18-10/h3,5-7H,2,4H2,1H3,(H,16,17). The first kappa shape index (κ1) is 12.4. The molecule has 98 valence electrons. The number of imidazole rings is 1. The summed E-state index contributed by atoms with van der Waals surface area (Å²) in [5.74, 6) is -0.910. The molecule has 3 aromatic heterocycles. The van der Waals surface area contributed by atoms with Crippen LogP contribution in [0.25, 0.3) is 15.5 Å². The Morgan fingerprint density at radius 3 is 2.95 bits per heavy atom. The lowest BCUT2D eigenvalue weighted by Crippen LogP contribution is -2.05. The van der Waals surface area contributed by atoms with Crippen LogP contribution in [-0.2, 0) is 6.42 Å². The van der Waals surface area contributed by atoms with Gasteiger partial charge in [-0.15, -0.1) is 22.7 Å². The lowest BCUT2D eigenvalue weighted by atomic mass is 10.2. The molecule has 19 heavy (non-hydrogen) atoms. The third kappa shape index (κ3) is 1.97. The van der Waals surface area contributed by atoms with E-state index in [-0.39, 0.29) is 0 Å². The number of carboxylic acids is 1. The molecule has 0 aliphatic carbocycles. The first-order valence-corrected chi connectivity index (χ1v) is 7.74. The highest BCUT2D eigenvalue weighted by atomic mass is 32.1. The van der Waals surface area contributed by atoms with Gasteiger partial charge in [0.05, 0.1) is 16.3 Å². The van der Waals surface area contributed by atoms with Gasteiger partial charge >= 0.3 is 5.97 Å². The molecule has 0 aliphatic heterocycles. The van der Waals surface area contributed by atoms with E-state index in [1.807, 2.05) is 29.8 Å². The fourth-order valence-electron chi connectivity index (χ4n) is 2.13. The minimum atomic E-state index is -0.910. The lowest BCUT2D eigenvalue weighted by Gasteiger charge is -2.00. The molecule has 3 heterocycles. The lowest BCUT2D eigenvalue weighted by molar-refractivity contribution is 0.0688. The van der Waals surface area contributed by atoms with Gasteiger partial charge in [0, 0.05) is 5.38 Å². The highest BCUT2D eigenvalue weighted by Crippen LogP contribution is 2.31. The molecule has 0 fully saturated rings. The largest absolute Gasteiger partial charge is 0.477 e. The van der Waals surface area contributed by atoms with Crippen LogP contribution in [0.15, 0.2) is 22.9 Å². The number of hydrogen-bond donors (Lipinski definition) is 1. The van der Waals surface area contributed by atoms with Gasteiger partial charge in [0.1, 0.15) is 0 Å². The third-order valence-corrected chi connectivity index (χ3v) is 4.62. The van der Waals surface area contributed by atoms with Crippen molar-refractivity contribution in [3.8, 4) is 10.6 Å². The molecular weight excluding hydrogens is 280 g/mol. The van der Waals surface area contributed by atoms with Gasteiger partial charge in [-0.25, -0.2) is 9.78 Å². The average Bonchev–Trinajstić information content (AvgIpc) is 3.02. The Labute approximate surface area is 118 Å². The van der Waals surface area contributed by atoms with E-state index >= 15 is 0 Å². The SMILES string of the molecule is CCCc1nc2scc(-c3cccs3)n2c1C(=O)O. The van der Waals surface area contributed by atoms with Crippen molar-refractivity contribution in [2.24, 2.45) is 0 Å². The summed E-state index contributed by atoms with van der Waals surface area (Å²) in [6.45, 7) is 2.03. The van der Waals surface area contributed by atoms with Crippen molar-refractivity contribution < 1.29 is 9.90 Å². The number of carbonyl (C=O) groups is 1. The predicted octanol–water partition coefficient (Wildman–Crippen LogP) is 3.78. The fourth-order valence-corrected chi connectivity index (χ4v) is 3.84. The van der Waals surface area contributed by atoms with Crippen LogP contribution in [0.1, 0.15) is 29.5 Å². The third-order valence-electron chi connectivity index (χ3n) is 2.90. The van der Waals surface area contributed by atoms with Gasteiger partial charge in [0.25, 0.3) is 0 Å². The van der Waals surface area contributed by atoms with E-state index in [1.165, 1.54) is 11.3 Å². The van der Waals surface area contributed by atoms with Crippen molar-refractivity contribution in [3.05, 3.63) is 34.3 Å². The van der Waals surface area contributed by atoms with Crippen molar-refractivity contribution in [2.75, 3.05) is 0 Å². The molecule has 0 bridgehead atoms. The van der Waals surface area contributed by atoms with Gasteiger partial charge in [-0.05, 0) is 17.9 Å². The Morgan fingerprint density at radius 2 is 2.32 bits per heavy atom. The van der Waals surface area contributed by atoms with Gasteiger partial charge in [-0.3, -0.25) is 4.40 Å². The number of rotatable bonds is 4. The molecule has 3 aromatic rings. The smallest absolute Gasteiger partial charge is 0.354 e. The van der Waals surface area contributed by atoms with E-state index in [1.54, 1.807) is 15.7 Å². The van der Waals surface area contributed by atoms with Crippen molar-refractivity contribution in [3.63, 3.8) is 0 Å². The molecular formula is C13H12N2O2S2. The molecule has 0 aromatic carbocycles. The van der Waals surface area contributed by atoms with Gasteiger partial charge in [-0.2, -0.15) is 0 Å². The quantitative estimate of drug-likeness (QED) is 0.796. The van der Waals surface area contributed by atoms with E-state index in [2.05, 4.69) is 4.98 Å². The Bertz CT molecular complexity index is 725. The molecule has 0 aliphatic rings. The number of hydrogen-bond acceptors (Lipinski definition) is 4. The number of thiophene rings is 1. The van der Waals surface area contributed by atoms with E-state index in [9.17, 15) is 9.90 Å². The molecule has 0 spiro atoms. The summed E-state index contributed by atoms with van der Waals surface area (Å²) >= 11 is 3.09. The van der Waals surface area contributed by atoms with E-state index in [0.717, 1.165) is 22.0 Å². The second kappa shape index (κ2) is 4.79. The van der Waals surface area contributed by atoms with Crippen LogP contribution in [0.3, 0.4) is 0 Å². The maximum Gasteiger partial charge on any atom is 0.354 e. The number of aromatic nitrogens is 2. The first-order chi connectivity index (χ1) is 9.22. The topological polar surface area (TPSA) is 54.6 Å². The van der Waals surface area contributed by atoms with Crippen molar-refractivity contribution >= 4 is 33.6 Å². The highest BCUT2D eigenvalue weighted by molar-refractivity contribution is 7.17. The summed E-state index contributed by atoms with van der Waals surface area (Å²) < 4.78 is 1.77. The van der Waals surface area contributed by atoms with Gasteiger partial charge in [0.2, 0.25) is 0 Å². The number of thiazole rings is 1. The molecule has 4 nitrogen and oxygen atoms in total. The van der Waals surface area contributed by atoms with Gasteiger partial charge in [0.15, 0.2) is 10.7 Å². The molecule has 1 N–H and O–H groups in total. The Morgan fingerprint density at radius 1 is 1.47 bits per heavy atom. The van der Waals surface area contributed by atoms with Crippen LogP contribution < -0.4 is 0 Å². The van der Waals surface area contributed by atoms with Crippen LogP contribution in [0, 0.1) is 0 Å². The Balaban J connectivity index is 2.28. The summed E-state index contributed by atoms with van der Waals surface area (Å²) in [4.78, 5) is 17.8. The zero-order valence-electron chi connectivity index (χ0n) is 10.3. The summed E-state index contributed by atoms with van der Waals surface area (Å²) in [5.41, 5.74) is 1.91. The molecule has 3 rings (SSSR count). The second-order valence-corrected chi connectivity index (χ2v) is 5.96. The summed E-state index contributed by atoms with van der Waals surface area (Å²) in [5, 5.41) is 13.4. The summed E-state index contributed by atoms with van der Waals surface area (Å²) in [6, 6.07) is 3.96. The number of nitrogens with zero attached hydrogens (tertiary/aromatic N) is 2. The molecule has 0 atom stereocenters. The first-order valence-electron chi connectivity index (χ1n) is 5.98. The number of fused-ring (bicyclic) bond motifs is 1. The maximum absolute atomic E-state index is 11.5. The minimum Gasteiger partial charge on any atom is -0.477 e. The molecule has 0 saturated carbocycles. The van der Waals surface area contributed by atoms with Crippen molar-refractivity contribution in [2.45, 2.75) is 19.8 Å². The molecule has 0 saturated heterocycles. The van der Waals surface area contributed by atoms with Crippen molar-refractivity contribution in [1.82, 2.24) is 9.38 Å². The highest BCUT2D eigenvalue weighted by Gasteiger charge is 2.22. The minimum absolute atomic E-state index is 0.307. The zero-order valence-corrected chi connectivity index (χ0v) is 11.9. The monoisotopic (exact) mass is 292 g/mol. The summed E-state index contributed by atoms with van der Waals surface area (Å²) in [6.07, 6.45) is 1.58. The number of aromatic carboxylic acids is 1. The molecule has 0 radical (unpaired) electrons. The van der Waals surface area contributed by atoms with E-state index < -0.39 is 5.97 Å². The van der Waals surface area contributed by atoms with Crippen LogP contribution in [0.2, 0.25) is 0 Å². The van der Waals surface area contributed by atoms with Crippen LogP contribution in [0.4, 0.5) is 0 Å². The summed E-state index contributed by atoms with van der Waals surface area (Å²) in [7, 11) is 0. The molecule has 0 unspecified atom stereocenters. The van der Waals surface area contributed by atoms with Gasteiger partial charge in [-0.1, -0.05) is 19.4 Å². The molecule has 0 amide bonds. The Hall–Kier alpha value is -1.66. The predicted molar refractivity (Wildman–Crippen MR) is 77.3 cm³/mol. The maximum atomic E-state index is 11.5. The van der Waals surface area contributed by atoms with Crippen LogP contribution in [0.5, 0.6) is 0 Å². The average molecular weight is 292 g/mol. The fraction of sp³-hybridized carbons (Fsp3) is 0.231. The van der Waals surface area contributed by atoms with E-state index in [0.29, 0.717) is 17.8 Å². The van der Waals surface area contributed by atoms with Crippen LogP contribution in [-0.4, -0.2) is 20.5 Å². The number of aryl methyl sites for hydroxylation is 1.